The molecule has 0 radical (unpaired) electrons. The molecule has 2 aliphatic rings. The summed E-state index contributed by atoms with van der Waals surface area (Å²) in [5.74, 6) is 0.171. The van der Waals surface area contributed by atoms with Gasteiger partial charge in [-0.1, -0.05) is 12.2 Å². The summed E-state index contributed by atoms with van der Waals surface area (Å²) in [4.78, 5) is 13.3. The smallest absolute Gasteiger partial charge is 0.223 e. The Hall–Kier alpha value is -1.09. The lowest BCUT2D eigenvalue weighted by molar-refractivity contribution is -0.129. The molecule has 1 amide bonds. The predicted molar refractivity (Wildman–Crippen MR) is 53.7 cm³/mol. The molecule has 3 heteroatoms. The number of hydrogen-bond donors (Lipinski definition) is 1. The summed E-state index contributed by atoms with van der Waals surface area (Å²) >= 11 is 0. The van der Waals surface area contributed by atoms with Gasteiger partial charge in [0.2, 0.25) is 5.91 Å². The van der Waals surface area contributed by atoms with Crippen LogP contribution < -0.4 is 0 Å². The molecule has 0 unspecified atom stereocenters. The minimum absolute atomic E-state index is 0.0305. The van der Waals surface area contributed by atoms with Crippen LogP contribution in [0.2, 0.25) is 0 Å². The Bertz CT molecular complexity index is 317. The summed E-state index contributed by atoms with van der Waals surface area (Å²) in [6, 6.07) is -0.102. The predicted octanol–water partition coefficient (Wildman–Crippen LogP) is 0.856. The number of rotatable bonds is 3. The molecule has 0 bridgehead atoms. The highest BCUT2D eigenvalue weighted by atomic mass is 16.3. The van der Waals surface area contributed by atoms with Crippen molar-refractivity contribution in [2.24, 2.45) is 0 Å². The SMILES string of the molecule is CC1=CC=C1[C@H](CO)N1CCCC1=O. The van der Waals surface area contributed by atoms with Gasteiger partial charge in [-0.05, 0) is 24.5 Å². The normalized spacial score (nSPS) is 23.0. The number of hydrogen-bond acceptors (Lipinski definition) is 2. The Kier molecular flexibility index (Phi) is 2.42. The van der Waals surface area contributed by atoms with Gasteiger partial charge < -0.3 is 10.0 Å². The summed E-state index contributed by atoms with van der Waals surface area (Å²) in [5, 5.41) is 9.30. The van der Waals surface area contributed by atoms with Crippen LogP contribution in [0, 0.1) is 0 Å². The van der Waals surface area contributed by atoms with Crippen molar-refractivity contribution in [2.45, 2.75) is 25.8 Å². The molecule has 0 saturated carbocycles. The standard InChI is InChI=1S/C11H15NO2/c1-8-4-5-9(8)10(7-13)12-6-2-3-11(12)14/h4-5,10,13H,2-3,6-7H2,1H3/t10-/m0/s1. The molecule has 76 valence electrons. The second kappa shape index (κ2) is 3.58. The molecule has 0 aromatic heterocycles. The number of carbonyl (C=O) groups excluding carboxylic acids is 1. The minimum atomic E-state index is -0.102. The van der Waals surface area contributed by atoms with Crippen molar-refractivity contribution in [3.63, 3.8) is 0 Å². The first kappa shape index (κ1) is 9.46. The van der Waals surface area contributed by atoms with Crippen LogP contribution in [0.4, 0.5) is 0 Å². The lowest BCUT2D eigenvalue weighted by atomic mass is 9.91. The van der Waals surface area contributed by atoms with Gasteiger partial charge >= 0.3 is 0 Å². The number of aliphatic hydroxyl groups excluding tert-OH is 1. The van der Waals surface area contributed by atoms with Crippen LogP contribution in [0.1, 0.15) is 19.8 Å². The van der Waals surface area contributed by atoms with Gasteiger partial charge in [-0.15, -0.1) is 0 Å². The summed E-state index contributed by atoms with van der Waals surface area (Å²) in [5.41, 5.74) is 2.30. The van der Waals surface area contributed by atoms with E-state index >= 15 is 0 Å². The zero-order chi connectivity index (χ0) is 10.1. The molecule has 0 aromatic rings. The Morgan fingerprint density at radius 1 is 1.57 bits per heavy atom. The van der Waals surface area contributed by atoms with Crippen molar-refractivity contribution in [3.8, 4) is 0 Å². The largest absolute Gasteiger partial charge is 0.394 e. The number of carbonyl (C=O) groups is 1. The lowest BCUT2D eigenvalue weighted by Crippen LogP contribution is -2.41. The van der Waals surface area contributed by atoms with E-state index < -0.39 is 0 Å². The summed E-state index contributed by atoms with van der Waals surface area (Å²) < 4.78 is 0. The van der Waals surface area contributed by atoms with Gasteiger partial charge in [0, 0.05) is 13.0 Å². The van der Waals surface area contributed by atoms with Gasteiger partial charge in [-0.25, -0.2) is 0 Å². The van der Waals surface area contributed by atoms with E-state index in [2.05, 4.69) is 0 Å². The van der Waals surface area contributed by atoms with Crippen molar-refractivity contribution in [2.75, 3.05) is 13.2 Å². The molecule has 14 heavy (non-hydrogen) atoms. The molecule has 2 rings (SSSR count). The second-order valence-corrected chi connectivity index (χ2v) is 3.86. The van der Waals surface area contributed by atoms with Crippen molar-refractivity contribution >= 4 is 5.91 Å². The summed E-state index contributed by atoms with van der Waals surface area (Å²) in [6.07, 6.45) is 5.55. The number of amides is 1. The molecule has 1 atom stereocenters. The molecule has 1 fully saturated rings. The van der Waals surface area contributed by atoms with E-state index in [1.165, 1.54) is 5.57 Å². The van der Waals surface area contributed by atoms with Crippen LogP contribution in [0.5, 0.6) is 0 Å². The molecule has 1 N–H and O–H groups in total. The quantitative estimate of drug-likeness (QED) is 0.722. The van der Waals surface area contributed by atoms with Crippen molar-refractivity contribution in [1.29, 1.82) is 0 Å². The maximum Gasteiger partial charge on any atom is 0.223 e. The fourth-order valence-corrected chi connectivity index (χ4v) is 2.08. The van der Waals surface area contributed by atoms with Crippen LogP contribution in [0.15, 0.2) is 23.3 Å². The van der Waals surface area contributed by atoms with Crippen molar-refractivity contribution in [1.82, 2.24) is 4.90 Å². The van der Waals surface area contributed by atoms with E-state index in [0.717, 1.165) is 18.5 Å². The number of nitrogens with zero attached hydrogens (tertiary/aromatic N) is 1. The van der Waals surface area contributed by atoms with E-state index in [4.69, 9.17) is 0 Å². The highest BCUT2D eigenvalue weighted by Crippen LogP contribution is 2.28. The van der Waals surface area contributed by atoms with Crippen molar-refractivity contribution in [3.05, 3.63) is 23.3 Å². The van der Waals surface area contributed by atoms with Crippen molar-refractivity contribution < 1.29 is 9.90 Å². The van der Waals surface area contributed by atoms with Crippen LogP contribution in [-0.2, 0) is 4.79 Å². The Balaban J connectivity index is 2.10. The first-order valence-electron chi connectivity index (χ1n) is 5.03. The molecule has 1 aliphatic carbocycles. The maximum absolute atomic E-state index is 11.5. The highest BCUT2D eigenvalue weighted by Gasteiger charge is 2.31. The van der Waals surface area contributed by atoms with Crippen LogP contribution >= 0.6 is 0 Å². The Morgan fingerprint density at radius 3 is 2.71 bits per heavy atom. The molecule has 0 spiro atoms. The molecular weight excluding hydrogens is 178 g/mol. The summed E-state index contributed by atoms with van der Waals surface area (Å²) in [6.45, 7) is 2.83. The maximum atomic E-state index is 11.5. The van der Waals surface area contributed by atoms with E-state index in [9.17, 15) is 9.90 Å². The first-order chi connectivity index (χ1) is 6.74. The van der Waals surface area contributed by atoms with E-state index in [1.54, 1.807) is 4.90 Å². The summed E-state index contributed by atoms with van der Waals surface area (Å²) in [7, 11) is 0. The monoisotopic (exact) mass is 193 g/mol. The average Bonchev–Trinajstić information content (AvgIpc) is 2.58. The number of allylic oxidation sites excluding steroid dienone is 2. The highest BCUT2D eigenvalue weighted by molar-refractivity contribution is 5.79. The van der Waals surface area contributed by atoms with Crippen LogP contribution in [0.3, 0.4) is 0 Å². The molecular formula is C11H15NO2. The third kappa shape index (κ3) is 1.38. The molecule has 1 saturated heterocycles. The van der Waals surface area contributed by atoms with E-state index in [0.29, 0.717) is 6.42 Å². The second-order valence-electron chi connectivity index (χ2n) is 3.86. The first-order valence-corrected chi connectivity index (χ1v) is 5.03. The van der Waals surface area contributed by atoms with Gasteiger partial charge in [-0.2, -0.15) is 0 Å². The zero-order valence-electron chi connectivity index (χ0n) is 8.36. The minimum Gasteiger partial charge on any atom is -0.394 e. The third-order valence-electron chi connectivity index (χ3n) is 2.99. The fraction of sp³-hybridized carbons (Fsp3) is 0.545. The molecule has 1 aliphatic heterocycles. The van der Waals surface area contributed by atoms with Gasteiger partial charge in [-0.3, -0.25) is 4.79 Å². The van der Waals surface area contributed by atoms with Gasteiger partial charge in [0.1, 0.15) is 0 Å². The average molecular weight is 193 g/mol. The van der Waals surface area contributed by atoms with E-state index in [-0.39, 0.29) is 18.6 Å². The Morgan fingerprint density at radius 2 is 2.36 bits per heavy atom. The van der Waals surface area contributed by atoms with Crippen LogP contribution in [0.25, 0.3) is 0 Å². The molecule has 3 nitrogen and oxygen atoms in total. The zero-order valence-corrected chi connectivity index (χ0v) is 8.36. The van der Waals surface area contributed by atoms with Gasteiger partial charge in [0.05, 0.1) is 12.6 Å². The Labute approximate surface area is 83.7 Å². The van der Waals surface area contributed by atoms with E-state index in [1.807, 2.05) is 19.1 Å². The van der Waals surface area contributed by atoms with Gasteiger partial charge in [0.15, 0.2) is 0 Å². The number of aliphatic hydroxyl groups is 1. The topological polar surface area (TPSA) is 40.5 Å². The molecule has 0 aromatic carbocycles. The molecule has 1 heterocycles. The van der Waals surface area contributed by atoms with Crippen LogP contribution in [-0.4, -0.2) is 35.1 Å². The fourth-order valence-electron chi connectivity index (χ4n) is 2.08. The third-order valence-corrected chi connectivity index (χ3v) is 2.99. The van der Waals surface area contributed by atoms with Gasteiger partial charge in [0.25, 0.3) is 0 Å². The lowest BCUT2D eigenvalue weighted by Gasteiger charge is -2.31. The number of likely N-dealkylation sites (tertiary alicyclic amines) is 1.